The van der Waals surface area contributed by atoms with E-state index >= 15 is 8.78 Å². The van der Waals surface area contributed by atoms with Crippen LogP contribution >= 0.6 is 0 Å². The number of nitrogens with zero attached hydrogens (tertiary/aromatic N) is 5. The van der Waals surface area contributed by atoms with Gasteiger partial charge in [0.2, 0.25) is 5.88 Å². The Labute approximate surface area is 287 Å². The molecule has 4 aliphatic heterocycles. The third-order valence-corrected chi connectivity index (χ3v) is 10.8. The minimum atomic E-state index is -0.845. The second-order valence-corrected chi connectivity index (χ2v) is 14.0. The quantitative estimate of drug-likeness (QED) is 0.239. The standard InChI is InChI=1S/C37H37F3N6O4/c1-4-25-27(39)7-6-22-12-24(47)13-26(28(22)25)31-30(40)32-29(34(41-31)49-3)33(45-17-23-8-10-36(18-45,44-23)19-48-2)43-35(42-32)50-20-37-9-5-11-46(37)16-21(14-37)15-38/h1,6-7,12-13,15,23,44,47H,5,8-11,14,16-20H2,2-3H3/b21-15+/t23?,36?,37-/m0/s1. The highest BCUT2D eigenvalue weighted by molar-refractivity contribution is 6.04. The SMILES string of the molecule is C#Cc1c(F)ccc2cc(O)cc(-c3nc(OC)c4c(N5CC6CCC(COC)(C5)N6)nc(OC[C@@]56CCCN5C/C(=C/F)C6)nc4c3F)c12. The summed E-state index contributed by atoms with van der Waals surface area (Å²) in [5, 5.41) is 15.2. The highest BCUT2D eigenvalue weighted by Gasteiger charge is 2.48. The largest absolute Gasteiger partial charge is 0.508 e. The number of fused-ring (bicyclic) bond motifs is 5. The third kappa shape index (κ3) is 5.20. The van der Waals surface area contributed by atoms with Gasteiger partial charge in [0.05, 0.1) is 36.7 Å². The van der Waals surface area contributed by atoms with Crippen LogP contribution in [0.15, 0.2) is 36.2 Å². The Morgan fingerprint density at radius 1 is 1.14 bits per heavy atom. The summed E-state index contributed by atoms with van der Waals surface area (Å²) >= 11 is 0. The van der Waals surface area contributed by atoms with E-state index in [0.717, 1.165) is 32.2 Å². The van der Waals surface area contributed by atoms with Gasteiger partial charge in [-0.3, -0.25) is 4.90 Å². The number of halogens is 3. The van der Waals surface area contributed by atoms with E-state index in [1.807, 2.05) is 0 Å². The zero-order chi connectivity index (χ0) is 34.8. The van der Waals surface area contributed by atoms with Crippen molar-refractivity contribution in [3.05, 3.63) is 53.4 Å². The summed E-state index contributed by atoms with van der Waals surface area (Å²) in [6.45, 7) is 3.11. The van der Waals surface area contributed by atoms with E-state index in [2.05, 4.69) is 31.0 Å². The Balaban J connectivity index is 1.32. The van der Waals surface area contributed by atoms with Crippen molar-refractivity contribution in [2.24, 2.45) is 0 Å². The average Bonchev–Trinajstić information content (AvgIpc) is 3.76. The fourth-order valence-corrected chi connectivity index (χ4v) is 8.71. The van der Waals surface area contributed by atoms with Crippen LogP contribution in [0.4, 0.5) is 19.0 Å². The van der Waals surface area contributed by atoms with Gasteiger partial charge in [-0.15, -0.1) is 6.42 Å². The molecule has 2 N–H and O–H groups in total. The Kier molecular flexibility index (Phi) is 8.01. The lowest BCUT2D eigenvalue weighted by Crippen LogP contribution is -2.61. The molecule has 8 rings (SSSR count). The molecular formula is C37H37F3N6O4. The number of benzene rings is 2. The van der Waals surface area contributed by atoms with Crippen molar-refractivity contribution in [3.8, 4) is 41.2 Å². The molecule has 2 unspecified atom stereocenters. The van der Waals surface area contributed by atoms with Crippen LogP contribution < -0.4 is 19.7 Å². The summed E-state index contributed by atoms with van der Waals surface area (Å²) in [6.07, 6.45) is 10.5. The molecule has 2 aromatic heterocycles. The Morgan fingerprint density at radius 2 is 2.00 bits per heavy atom. The number of hydrogen-bond donors (Lipinski definition) is 2. The molecule has 0 spiro atoms. The number of pyridine rings is 1. The smallest absolute Gasteiger partial charge is 0.319 e. The average molecular weight is 687 g/mol. The van der Waals surface area contributed by atoms with Crippen LogP contribution in [0.2, 0.25) is 0 Å². The predicted octanol–water partition coefficient (Wildman–Crippen LogP) is 5.25. The van der Waals surface area contributed by atoms with E-state index in [1.165, 1.54) is 31.4 Å². The second kappa shape index (κ2) is 12.3. The van der Waals surface area contributed by atoms with Gasteiger partial charge in [0, 0.05) is 43.7 Å². The normalized spacial score (nSPS) is 25.5. The molecule has 2 aromatic carbocycles. The molecule has 0 amide bonds. The Hall–Kier alpha value is -4.64. The predicted molar refractivity (Wildman–Crippen MR) is 182 cm³/mol. The first-order chi connectivity index (χ1) is 24.2. The fraction of sp³-hybridized carbons (Fsp3) is 0.432. The summed E-state index contributed by atoms with van der Waals surface area (Å²) in [5.74, 6) is 1.10. The molecule has 260 valence electrons. The van der Waals surface area contributed by atoms with Crippen LogP contribution in [-0.4, -0.2) is 95.7 Å². The molecule has 2 bridgehead atoms. The topological polar surface area (TPSA) is 105 Å². The molecule has 4 saturated heterocycles. The Bertz CT molecular complexity index is 2100. The molecule has 4 aliphatic rings. The third-order valence-electron chi connectivity index (χ3n) is 10.8. The van der Waals surface area contributed by atoms with Gasteiger partial charge in [-0.25, -0.2) is 18.2 Å². The number of piperazine rings is 1. The lowest BCUT2D eigenvalue weighted by molar-refractivity contribution is 0.107. The maximum absolute atomic E-state index is 17.2. The molecule has 0 radical (unpaired) electrons. The van der Waals surface area contributed by atoms with Crippen LogP contribution in [0.5, 0.6) is 17.6 Å². The van der Waals surface area contributed by atoms with Crippen LogP contribution in [-0.2, 0) is 4.74 Å². The number of aromatic nitrogens is 3. The maximum atomic E-state index is 17.2. The number of phenols is 1. The van der Waals surface area contributed by atoms with E-state index in [0.29, 0.717) is 55.8 Å². The van der Waals surface area contributed by atoms with Gasteiger partial charge in [-0.2, -0.15) is 9.97 Å². The maximum Gasteiger partial charge on any atom is 0.319 e. The van der Waals surface area contributed by atoms with Gasteiger partial charge >= 0.3 is 6.01 Å². The fourth-order valence-electron chi connectivity index (χ4n) is 8.71. The van der Waals surface area contributed by atoms with Crippen LogP contribution in [0, 0.1) is 24.0 Å². The molecule has 3 atom stereocenters. The van der Waals surface area contributed by atoms with Gasteiger partial charge in [0.1, 0.15) is 40.6 Å². The lowest BCUT2D eigenvalue weighted by Gasteiger charge is -2.42. The summed E-state index contributed by atoms with van der Waals surface area (Å²) < 4.78 is 63.6. The van der Waals surface area contributed by atoms with Crippen molar-refractivity contribution in [2.45, 2.75) is 49.2 Å². The molecule has 50 heavy (non-hydrogen) atoms. The van der Waals surface area contributed by atoms with Crippen LogP contribution in [0.3, 0.4) is 0 Å². The number of aromatic hydroxyl groups is 1. The van der Waals surface area contributed by atoms with Gasteiger partial charge in [-0.1, -0.05) is 12.0 Å². The van der Waals surface area contributed by atoms with E-state index < -0.39 is 17.2 Å². The molecule has 13 heteroatoms. The van der Waals surface area contributed by atoms with Crippen molar-refractivity contribution in [3.63, 3.8) is 0 Å². The first-order valence-electron chi connectivity index (χ1n) is 16.8. The van der Waals surface area contributed by atoms with Crippen molar-refractivity contribution in [1.29, 1.82) is 0 Å². The van der Waals surface area contributed by atoms with Gasteiger partial charge in [0.25, 0.3) is 0 Å². The van der Waals surface area contributed by atoms with E-state index in [4.69, 9.17) is 25.6 Å². The summed E-state index contributed by atoms with van der Waals surface area (Å²) in [4.78, 5) is 18.4. The second-order valence-electron chi connectivity index (χ2n) is 14.0. The van der Waals surface area contributed by atoms with Crippen molar-refractivity contribution in [1.82, 2.24) is 25.2 Å². The van der Waals surface area contributed by atoms with E-state index in [-0.39, 0.29) is 68.9 Å². The van der Waals surface area contributed by atoms with E-state index in [1.54, 1.807) is 7.11 Å². The molecule has 0 saturated carbocycles. The van der Waals surface area contributed by atoms with Gasteiger partial charge in [0.15, 0.2) is 5.82 Å². The van der Waals surface area contributed by atoms with Crippen molar-refractivity contribution in [2.75, 3.05) is 58.5 Å². The molecule has 0 aliphatic carbocycles. The minimum Gasteiger partial charge on any atom is -0.508 e. The first-order valence-corrected chi connectivity index (χ1v) is 16.8. The van der Waals surface area contributed by atoms with Crippen molar-refractivity contribution >= 4 is 27.5 Å². The summed E-state index contributed by atoms with van der Waals surface area (Å²) in [5.41, 5.74) is -0.423. The number of phenolic OH excluding ortho intramolecular Hbond substituents is 1. The van der Waals surface area contributed by atoms with Crippen LogP contribution in [0.25, 0.3) is 32.9 Å². The lowest BCUT2D eigenvalue weighted by atomic mass is 9.94. The molecule has 6 heterocycles. The van der Waals surface area contributed by atoms with Crippen LogP contribution in [0.1, 0.15) is 37.7 Å². The number of ether oxygens (including phenoxy) is 3. The zero-order valence-electron chi connectivity index (χ0n) is 27.9. The van der Waals surface area contributed by atoms with Gasteiger partial charge < -0.3 is 29.5 Å². The number of rotatable bonds is 8. The minimum absolute atomic E-state index is 0.0360. The molecule has 4 aromatic rings. The number of anilines is 1. The molecule has 10 nitrogen and oxygen atoms in total. The number of terminal acetylenes is 1. The van der Waals surface area contributed by atoms with E-state index in [9.17, 15) is 9.50 Å². The molecular weight excluding hydrogens is 649 g/mol. The summed E-state index contributed by atoms with van der Waals surface area (Å²) in [7, 11) is 3.09. The monoisotopic (exact) mass is 686 g/mol. The number of hydrogen-bond acceptors (Lipinski definition) is 10. The first kappa shape index (κ1) is 32.6. The molecule has 4 fully saturated rings. The number of nitrogens with one attached hydrogen (secondary N) is 1. The number of methoxy groups -OCH3 is 2. The Morgan fingerprint density at radius 3 is 2.78 bits per heavy atom. The van der Waals surface area contributed by atoms with Gasteiger partial charge in [-0.05, 0) is 67.8 Å². The highest BCUT2D eigenvalue weighted by Crippen LogP contribution is 2.45. The zero-order valence-corrected chi connectivity index (χ0v) is 27.9. The van der Waals surface area contributed by atoms with Crippen molar-refractivity contribution < 1.29 is 32.5 Å². The highest BCUT2D eigenvalue weighted by atomic mass is 19.1. The summed E-state index contributed by atoms with van der Waals surface area (Å²) in [6, 6.07) is 5.48.